The number of rotatable bonds is 8. The smallest absolute Gasteiger partial charge is 0.294 e. The molecule has 0 bridgehead atoms. The fourth-order valence-electron chi connectivity index (χ4n) is 2.41. The molecule has 0 unspecified atom stereocenters. The number of nitrogens with one attached hydrogen (secondary N) is 3. The van der Waals surface area contributed by atoms with Crippen molar-refractivity contribution in [2.45, 2.75) is 31.2 Å². The summed E-state index contributed by atoms with van der Waals surface area (Å²) in [7, 11) is -4.23. The van der Waals surface area contributed by atoms with Crippen LogP contribution < -0.4 is 16.2 Å². The first-order chi connectivity index (χ1) is 13.8. The highest BCUT2D eigenvalue weighted by Crippen LogP contribution is 2.22. The van der Waals surface area contributed by atoms with Gasteiger partial charge in [0.1, 0.15) is 0 Å². The maximum absolute atomic E-state index is 11.1. The van der Waals surface area contributed by atoms with Gasteiger partial charge in [0.25, 0.3) is 10.1 Å². The van der Waals surface area contributed by atoms with E-state index >= 15 is 0 Å². The van der Waals surface area contributed by atoms with Crippen LogP contribution in [0.4, 0.5) is 17.5 Å². The van der Waals surface area contributed by atoms with Crippen molar-refractivity contribution < 1.29 is 13.0 Å². The first-order valence-corrected chi connectivity index (χ1v) is 10.4. The summed E-state index contributed by atoms with van der Waals surface area (Å²) in [6.07, 6.45) is 4.34. The van der Waals surface area contributed by atoms with Gasteiger partial charge in [-0.3, -0.25) is 20.4 Å². The molecule has 0 saturated carbocycles. The van der Waals surface area contributed by atoms with E-state index in [0.717, 1.165) is 12.0 Å². The van der Waals surface area contributed by atoms with E-state index in [9.17, 15) is 8.42 Å². The molecular weight excluding hydrogens is 392 g/mol. The summed E-state index contributed by atoms with van der Waals surface area (Å²) in [5.41, 5.74) is 8.08. The van der Waals surface area contributed by atoms with Gasteiger partial charge in [0.15, 0.2) is 5.82 Å². The zero-order valence-electron chi connectivity index (χ0n) is 16.0. The lowest BCUT2D eigenvalue weighted by molar-refractivity contribution is 0.483. The van der Waals surface area contributed by atoms with Crippen molar-refractivity contribution in [1.82, 2.24) is 15.0 Å². The molecule has 29 heavy (non-hydrogen) atoms. The summed E-state index contributed by atoms with van der Waals surface area (Å²) in [6.45, 7) is 4.11. The van der Waals surface area contributed by atoms with Crippen molar-refractivity contribution in [3.05, 3.63) is 54.9 Å². The van der Waals surface area contributed by atoms with Crippen LogP contribution >= 0.6 is 0 Å². The van der Waals surface area contributed by atoms with Gasteiger partial charge in [-0.25, -0.2) is 4.98 Å². The maximum Gasteiger partial charge on any atom is 0.294 e. The Morgan fingerprint density at radius 1 is 1.10 bits per heavy atom. The normalized spacial score (nSPS) is 12.2. The van der Waals surface area contributed by atoms with Gasteiger partial charge in [-0.15, -0.1) is 0 Å². The minimum atomic E-state index is -4.23. The maximum atomic E-state index is 11.1. The Morgan fingerprint density at radius 3 is 2.48 bits per heavy atom. The fraction of sp³-hybridized carbons (Fsp3) is 0.211. The molecule has 2 heterocycles. The molecule has 9 nitrogen and oxygen atoms in total. The molecule has 3 aromatic rings. The highest BCUT2D eigenvalue weighted by molar-refractivity contribution is 7.85. The van der Waals surface area contributed by atoms with Crippen LogP contribution in [0.15, 0.2) is 59.8 Å². The van der Waals surface area contributed by atoms with Crippen LogP contribution in [0.25, 0.3) is 11.3 Å². The number of nitrogens with zero attached hydrogens (tertiary/aromatic N) is 3. The van der Waals surface area contributed by atoms with Crippen molar-refractivity contribution in [2.24, 2.45) is 0 Å². The van der Waals surface area contributed by atoms with Crippen LogP contribution in [0.1, 0.15) is 20.3 Å². The highest BCUT2D eigenvalue weighted by atomic mass is 32.2. The quantitative estimate of drug-likeness (QED) is 0.323. The number of aromatic nitrogens is 3. The molecule has 3 rings (SSSR count). The molecule has 0 amide bonds. The lowest BCUT2D eigenvalue weighted by Crippen LogP contribution is -2.17. The van der Waals surface area contributed by atoms with Crippen LogP contribution in [0.2, 0.25) is 0 Å². The number of anilines is 3. The Balaban J connectivity index is 1.82. The Bertz CT molecular complexity index is 1060. The molecule has 1 aromatic carbocycles. The van der Waals surface area contributed by atoms with Gasteiger partial charge in [0.05, 0.1) is 16.3 Å². The first-order valence-electron chi connectivity index (χ1n) is 9.00. The Kier molecular flexibility index (Phi) is 6.25. The van der Waals surface area contributed by atoms with E-state index in [1.54, 1.807) is 18.5 Å². The number of pyridine rings is 1. The van der Waals surface area contributed by atoms with Crippen molar-refractivity contribution in [3.63, 3.8) is 0 Å². The number of benzene rings is 1. The molecule has 10 heteroatoms. The predicted molar refractivity (Wildman–Crippen MR) is 112 cm³/mol. The van der Waals surface area contributed by atoms with Gasteiger partial charge in [0.2, 0.25) is 5.95 Å². The van der Waals surface area contributed by atoms with E-state index in [2.05, 4.69) is 38.0 Å². The topological polar surface area (TPSA) is 129 Å². The summed E-state index contributed by atoms with van der Waals surface area (Å²) < 4.78 is 31.3. The SMILES string of the molecule is CC[C@@H](C)Nc1nc(NNc2ccc(S(=O)(=O)O)cc2)cc(-c2cccnc2)n1. The van der Waals surface area contributed by atoms with Gasteiger partial charge in [0, 0.05) is 30.1 Å². The van der Waals surface area contributed by atoms with Gasteiger partial charge in [-0.1, -0.05) is 6.92 Å². The van der Waals surface area contributed by atoms with E-state index in [1.807, 2.05) is 19.1 Å². The highest BCUT2D eigenvalue weighted by Gasteiger charge is 2.10. The molecule has 4 N–H and O–H groups in total. The van der Waals surface area contributed by atoms with E-state index < -0.39 is 10.1 Å². The summed E-state index contributed by atoms with van der Waals surface area (Å²) in [4.78, 5) is 13.0. The molecule has 0 radical (unpaired) electrons. The Hall–Kier alpha value is -3.24. The van der Waals surface area contributed by atoms with Crippen molar-refractivity contribution in [1.29, 1.82) is 0 Å². The van der Waals surface area contributed by atoms with Gasteiger partial charge in [-0.2, -0.15) is 13.4 Å². The molecule has 0 aliphatic rings. The zero-order chi connectivity index (χ0) is 20.9. The Morgan fingerprint density at radius 2 is 1.86 bits per heavy atom. The van der Waals surface area contributed by atoms with E-state index in [0.29, 0.717) is 23.1 Å². The van der Waals surface area contributed by atoms with Crippen molar-refractivity contribution in [3.8, 4) is 11.3 Å². The van der Waals surface area contributed by atoms with Gasteiger partial charge >= 0.3 is 0 Å². The standard InChI is InChI=1S/C19H22N6O3S/c1-3-13(2)21-19-22-17(14-5-4-10-20-12-14)11-18(23-19)25-24-15-6-8-16(9-7-15)29(26,27)28/h4-13,24H,3H2,1-2H3,(H,26,27,28)(H2,21,22,23,25)/t13-/m1/s1. The van der Waals surface area contributed by atoms with Gasteiger partial charge < -0.3 is 5.32 Å². The van der Waals surface area contributed by atoms with E-state index in [-0.39, 0.29) is 10.9 Å². The lowest BCUT2D eigenvalue weighted by atomic mass is 10.2. The fourth-order valence-corrected chi connectivity index (χ4v) is 2.89. The molecule has 152 valence electrons. The second-order valence-electron chi connectivity index (χ2n) is 6.41. The third-order valence-corrected chi connectivity index (χ3v) is 5.03. The number of hydrogen-bond acceptors (Lipinski definition) is 8. The van der Waals surface area contributed by atoms with Crippen LogP contribution in [0.5, 0.6) is 0 Å². The van der Waals surface area contributed by atoms with Gasteiger partial charge in [-0.05, 0) is 49.7 Å². The Labute approximate surface area is 169 Å². The number of hydrogen-bond donors (Lipinski definition) is 4. The molecule has 0 saturated heterocycles. The largest absolute Gasteiger partial charge is 0.352 e. The molecule has 0 spiro atoms. The second-order valence-corrected chi connectivity index (χ2v) is 7.83. The van der Waals surface area contributed by atoms with E-state index in [1.165, 1.54) is 24.3 Å². The van der Waals surface area contributed by atoms with Crippen LogP contribution in [0, 0.1) is 0 Å². The van der Waals surface area contributed by atoms with Crippen molar-refractivity contribution >= 4 is 27.6 Å². The van der Waals surface area contributed by atoms with Crippen molar-refractivity contribution in [2.75, 3.05) is 16.2 Å². The summed E-state index contributed by atoms with van der Waals surface area (Å²) >= 11 is 0. The summed E-state index contributed by atoms with van der Waals surface area (Å²) in [6, 6.07) is 11.4. The van der Waals surface area contributed by atoms with Crippen LogP contribution in [0.3, 0.4) is 0 Å². The van der Waals surface area contributed by atoms with Crippen LogP contribution in [-0.4, -0.2) is 34.0 Å². The predicted octanol–water partition coefficient (Wildman–Crippen LogP) is 3.43. The van der Waals surface area contributed by atoms with Crippen LogP contribution in [-0.2, 0) is 10.1 Å². The molecule has 1 atom stereocenters. The second kappa shape index (κ2) is 8.84. The minimum absolute atomic E-state index is 0.177. The monoisotopic (exact) mass is 414 g/mol. The molecule has 2 aromatic heterocycles. The summed E-state index contributed by atoms with van der Waals surface area (Å²) in [5.74, 6) is 0.996. The third-order valence-electron chi connectivity index (χ3n) is 4.16. The first kappa shape index (κ1) is 20.5. The molecule has 0 aliphatic heterocycles. The third kappa shape index (κ3) is 5.62. The number of hydrazine groups is 1. The zero-order valence-corrected chi connectivity index (χ0v) is 16.8. The summed E-state index contributed by atoms with van der Waals surface area (Å²) in [5, 5.41) is 3.26. The minimum Gasteiger partial charge on any atom is -0.352 e. The molecular formula is C19H22N6O3S. The average molecular weight is 414 g/mol. The molecule has 0 aliphatic carbocycles. The van der Waals surface area contributed by atoms with E-state index in [4.69, 9.17) is 4.55 Å². The molecule has 0 fully saturated rings. The lowest BCUT2D eigenvalue weighted by Gasteiger charge is -2.15. The average Bonchev–Trinajstić information content (AvgIpc) is 2.72.